The molecule has 5 nitrogen and oxygen atoms in total. The van der Waals surface area contributed by atoms with Crippen LogP contribution in [0, 0.1) is 0 Å². The van der Waals surface area contributed by atoms with E-state index in [0.717, 1.165) is 0 Å². The van der Waals surface area contributed by atoms with Crippen molar-refractivity contribution in [1.82, 2.24) is 9.78 Å². The zero-order chi connectivity index (χ0) is 11.7. The molecule has 0 bridgehead atoms. The number of aryl methyl sites for hydroxylation is 1. The van der Waals surface area contributed by atoms with Gasteiger partial charge in [-0.1, -0.05) is 0 Å². The van der Waals surface area contributed by atoms with E-state index in [4.69, 9.17) is 20.8 Å². The first-order valence-electron chi connectivity index (χ1n) is 4.62. The fraction of sp³-hybridized carbons (Fsp3) is 0.300. The van der Waals surface area contributed by atoms with E-state index >= 15 is 0 Å². The Hall–Kier alpha value is -1.46. The Morgan fingerprint density at radius 3 is 2.94 bits per heavy atom. The number of rotatable bonds is 3. The Balaban J connectivity index is 2.44. The molecule has 0 aliphatic rings. The minimum atomic E-state index is -0.923. The minimum Gasteiger partial charge on any atom is -0.493 e. The molecule has 86 valence electrons. The lowest BCUT2D eigenvalue weighted by atomic mass is 10.1. The SMILES string of the molecule is COc1cnn(C)c1C(O)c1ccoc1Cl. The largest absolute Gasteiger partial charge is 0.493 e. The first-order valence-corrected chi connectivity index (χ1v) is 4.99. The van der Waals surface area contributed by atoms with Crippen molar-refractivity contribution in [2.45, 2.75) is 6.10 Å². The van der Waals surface area contributed by atoms with Crippen LogP contribution in [0.15, 0.2) is 22.9 Å². The third-order valence-electron chi connectivity index (χ3n) is 2.37. The summed E-state index contributed by atoms with van der Waals surface area (Å²) in [6, 6.07) is 1.61. The number of aromatic nitrogens is 2. The Morgan fingerprint density at radius 2 is 2.38 bits per heavy atom. The van der Waals surface area contributed by atoms with E-state index in [0.29, 0.717) is 17.0 Å². The molecule has 16 heavy (non-hydrogen) atoms. The number of aliphatic hydroxyl groups excluding tert-OH is 1. The molecule has 2 aromatic rings. The van der Waals surface area contributed by atoms with Crippen molar-refractivity contribution in [2.24, 2.45) is 7.05 Å². The number of hydrogen-bond acceptors (Lipinski definition) is 4. The van der Waals surface area contributed by atoms with Crippen LogP contribution in [0.5, 0.6) is 5.75 Å². The van der Waals surface area contributed by atoms with Gasteiger partial charge >= 0.3 is 0 Å². The van der Waals surface area contributed by atoms with E-state index in [2.05, 4.69) is 5.10 Å². The average molecular weight is 243 g/mol. The van der Waals surface area contributed by atoms with Gasteiger partial charge in [0.15, 0.2) is 11.0 Å². The van der Waals surface area contributed by atoms with Crippen LogP contribution in [0.2, 0.25) is 5.22 Å². The van der Waals surface area contributed by atoms with E-state index in [9.17, 15) is 5.11 Å². The zero-order valence-electron chi connectivity index (χ0n) is 8.85. The van der Waals surface area contributed by atoms with E-state index in [1.165, 1.54) is 24.3 Å². The Bertz CT molecular complexity index is 492. The summed E-state index contributed by atoms with van der Waals surface area (Å²) in [6.07, 6.45) is 2.03. The van der Waals surface area contributed by atoms with E-state index < -0.39 is 6.10 Å². The smallest absolute Gasteiger partial charge is 0.199 e. The molecule has 1 atom stereocenters. The van der Waals surface area contributed by atoms with Crippen molar-refractivity contribution in [1.29, 1.82) is 0 Å². The first kappa shape index (κ1) is 11.0. The molecule has 0 saturated heterocycles. The van der Waals surface area contributed by atoms with Gasteiger partial charge in [0.05, 0.1) is 19.6 Å². The highest BCUT2D eigenvalue weighted by molar-refractivity contribution is 6.29. The Morgan fingerprint density at radius 1 is 1.62 bits per heavy atom. The second kappa shape index (κ2) is 4.19. The fourth-order valence-corrected chi connectivity index (χ4v) is 1.76. The highest BCUT2D eigenvalue weighted by Gasteiger charge is 2.23. The second-order valence-corrected chi connectivity index (χ2v) is 3.62. The molecule has 0 amide bonds. The minimum absolute atomic E-state index is 0.163. The van der Waals surface area contributed by atoms with Crippen LogP contribution in [0.3, 0.4) is 0 Å². The van der Waals surface area contributed by atoms with Crippen LogP contribution in [0.4, 0.5) is 0 Å². The van der Waals surface area contributed by atoms with Crippen molar-refractivity contribution in [3.8, 4) is 5.75 Å². The molecular weight excluding hydrogens is 232 g/mol. The van der Waals surface area contributed by atoms with Crippen LogP contribution >= 0.6 is 11.6 Å². The van der Waals surface area contributed by atoms with Gasteiger partial charge in [0.1, 0.15) is 11.8 Å². The van der Waals surface area contributed by atoms with Crippen LogP contribution in [-0.4, -0.2) is 22.0 Å². The molecule has 0 radical (unpaired) electrons. The van der Waals surface area contributed by atoms with Gasteiger partial charge in [0.25, 0.3) is 0 Å². The molecule has 0 fully saturated rings. The molecule has 1 N–H and O–H groups in total. The van der Waals surface area contributed by atoms with Gasteiger partial charge in [-0.15, -0.1) is 0 Å². The summed E-state index contributed by atoms with van der Waals surface area (Å²) < 4.78 is 11.6. The summed E-state index contributed by atoms with van der Waals surface area (Å²) in [4.78, 5) is 0. The van der Waals surface area contributed by atoms with Gasteiger partial charge in [-0.3, -0.25) is 4.68 Å². The molecule has 0 spiro atoms. The highest BCUT2D eigenvalue weighted by Crippen LogP contribution is 2.33. The highest BCUT2D eigenvalue weighted by atomic mass is 35.5. The summed E-state index contributed by atoms with van der Waals surface area (Å²) in [5.74, 6) is 0.507. The van der Waals surface area contributed by atoms with Crippen molar-refractivity contribution >= 4 is 11.6 Å². The maximum atomic E-state index is 10.2. The standard InChI is InChI=1S/C10H11ClN2O3/c1-13-8(7(15-2)5-12-13)9(14)6-3-4-16-10(6)11/h3-5,9,14H,1-2H3. The maximum absolute atomic E-state index is 10.2. The lowest BCUT2D eigenvalue weighted by molar-refractivity contribution is 0.203. The summed E-state index contributed by atoms with van der Waals surface area (Å²) in [7, 11) is 3.24. The third-order valence-corrected chi connectivity index (χ3v) is 2.68. The van der Waals surface area contributed by atoms with Crippen molar-refractivity contribution in [3.05, 3.63) is 35.0 Å². The monoisotopic (exact) mass is 242 g/mol. The van der Waals surface area contributed by atoms with Gasteiger partial charge in [-0.25, -0.2) is 0 Å². The van der Waals surface area contributed by atoms with Crippen LogP contribution in [-0.2, 0) is 7.05 Å². The number of furan rings is 1. The summed E-state index contributed by atoms with van der Waals surface area (Å²) in [6.45, 7) is 0. The second-order valence-electron chi connectivity index (χ2n) is 3.27. The molecule has 0 aliphatic heterocycles. The molecule has 2 heterocycles. The number of nitrogens with zero attached hydrogens (tertiary/aromatic N) is 2. The molecule has 0 aromatic carbocycles. The molecule has 1 unspecified atom stereocenters. The Kier molecular flexibility index (Phi) is 2.89. The third kappa shape index (κ3) is 1.68. The number of hydrogen-bond donors (Lipinski definition) is 1. The first-order chi connectivity index (χ1) is 7.65. The van der Waals surface area contributed by atoms with Gasteiger partial charge in [0, 0.05) is 12.6 Å². The molecule has 0 aliphatic carbocycles. The molecule has 2 rings (SSSR count). The van der Waals surface area contributed by atoms with Gasteiger partial charge < -0.3 is 14.3 Å². The maximum Gasteiger partial charge on any atom is 0.199 e. The van der Waals surface area contributed by atoms with Crippen LogP contribution < -0.4 is 4.74 Å². The summed E-state index contributed by atoms with van der Waals surface area (Å²) in [5, 5.41) is 14.3. The fourth-order valence-electron chi connectivity index (χ4n) is 1.54. The number of ether oxygens (including phenoxy) is 1. The van der Waals surface area contributed by atoms with Gasteiger partial charge in [-0.2, -0.15) is 5.10 Å². The molecule has 2 aromatic heterocycles. The molecular formula is C10H11ClN2O3. The van der Waals surface area contributed by atoms with E-state index in [1.807, 2.05) is 0 Å². The predicted octanol–water partition coefficient (Wildman–Crippen LogP) is 1.76. The number of halogens is 1. The molecule has 6 heteroatoms. The van der Waals surface area contributed by atoms with Crippen molar-refractivity contribution in [3.63, 3.8) is 0 Å². The quantitative estimate of drug-likeness (QED) is 0.891. The van der Waals surface area contributed by atoms with Gasteiger partial charge in [0.2, 0.25) is 0 Å². The normalized spacial score (nSPS) is 12.8. The summed E-state index contributed by atoms with van der Waals surface area (Å²) in [5.41, 5.74) is 1.02. The number of methoxy groups -OCH3 is 1. The van der Waals surface area contributed by atoms with Crippen LogP contribution in [0.25, 0.3) is 0 Å². The number of aliphatic hydroxyl groups is 1. The topological polar surface area (TPSA) is 60.4 Å². The lowest BCUT2D eigenvalue weighted by Gasteiger charge is -2.11. The predicted molar refractivity (Wildman–Crippen MR) is 57.5 cm³/mol. The zero-order valence-corrected chi connectivity index (χ0v) is 9.60. The van der Waals surface area contributed by atoms with E-state index in [-0.39, 0.29) is 5.22 Å². The summed E-state index contributed by atoms with van der Waals surface area (Å²) >= 11 is 5.80. The van der Waals surface area contributed by atoms with Crippen molar-refractivity contribution in [2.75, 3.05) is 7.11 Å². The van der Waals surface area contributed by atoms with Crippen molar-refractivity contribution < 1.29 is 14.3 Å². The van der Waals surface area contributed by atoms with E-state index in [1.54, 1.807) is 13.1 Å². The van der Waals surface area contributed by atoms with Gasteiger partial charge in [-0.05, 0) is 17.7 Å². The average Bonchev–Trinajstić information content (AvgIpc) is 2.83. The molecule has 0 saturated carbocycles. The lowest BCUT2D eigenvalue weighted by Crippen LogP contribution is -2.07. The Labute approximate surface area is 97.2 Å². The van der Waals surface area contributed by atoms with Crippen LogP contribution in [0.1, 0.15) is 17.4 Å².